The summed E-state index contributed by atoms with van der Waals surface area (Å²) < 4.78 is 18.8. The molecule has 2 aliphatic rings. The highest BCUT2D eigenvalue weighted by atomic mass is 19.1. The van der Waals surface area contributed by atoms with Gasteiger partial charge in [0.2, 0.25) is 5.91 Å². The van der Waals surface area contributed by atoms with Gasteiger partial charge in [0, 0.05) is 23.6 Å². The van der Waals surface area contributed by atoms with Crippen LogP contribution in [0.25, 0.3) is 11.3 Å². The summed E-state index contributed by atoms with van der Waals surface area (Å²) in [6.45, 7) is 2.25. The first kappa shape index (κ1) is 17.6. The minimum Gasteiger partial charge on any atom is -0.355 e. The average molecular weight is 391 g/mol. The first-order valence-electron chi connectivity index (χ1n) is 9.46. The highest BCUT2D eigenvalue weighted by molar-refractivity contribution is 6.02. The summed E-state index contributed by atoms with van der Waals surface area (Å²) in [5, 5.41) is 7.05. The number of hydrogen-bond acceptors (Lipinski definition) is 4. The van der Waals surface area contributed by atoms with Gasteiger partial charge in [-0.05, 0) is 29.8 Å². The monoisotopic (exact) mass is 391 g/mol. The van der Waals surface area contributed by atoms with Gasteiger partial charge in [-0.1, -0.05) is 42.4 Å². The molecule has 0 aliphatic carbocycles. The number of benzene rings is 2. The maximum absolute atomic E-state index is 13.3. The van der Waals surface area contributed by atoms with Crippen molar-refractivity contribution in [1.82, 2.24) is 15.4 Å². The normalized spacial score (nSPS) is 23.4. The van der Waals surface area contributed by atoms with E-state index in [0.29, 0.717) is 23.4 Å². The molecule has 7 heteroatoms. The number of rotatable bonds is 2. The lowest BCUT2D eigenvalue weighted by Gasteiger charge is -2.44. The number of halogens is 1. The fourth-order valence-corrected chi connectivity index (χ4v) is 4.31. The Hall–Kier alpha value is -3.48. The Labute approximate surface area is 166 Å². The highest BCUT2D eigenvalue weighted by Gasteiger charge is 2.49. The van der Waals surface area contributed by atoms with Crippen molar-refractivity contribution in [1.29, 1.82) is 0 Å². The van der Waals surface area contributed by atoms with Gasteiger partial charge in [0.15, 0.2) is 11.5 Å². The number of nitrogens with one attached hydrogen (secondary N) is 1. The molecule has 1 saturated heterocycles. The predicted molar refractivity (Wildman–Crippen MR) is 102 cm³/mol. The second-order valence-electron chi connectivity index (χ2n) is 7.44. The predicted octanol–water partition coefficient (Wildman–Crippen LogP) is 3.28. The molecular formula is C22H18FN3O3. The van der Waals surface area contributed by atoms with Gasteiger partial charge in [0.05, 0.1) is 6.04 Å². The van der Waals surface area contributed by atoms with Crippen LogP contribution in [0.4, 0.5) is 4.39 Å². The lowest BCUT2D eigenvalue weighted by atomic mass is 9.82. The molecule has 146 valence electrons. The van der Waals surface area contributed by atoms with Gasteiger partial charge in [-0.3, -0.25) is 9.59 Å². The van der Waals surface area contributed by atoms with E-state index in [1.54, 1.807) is 17.0 Å². The largest absolute Gasteiger partial charge is 0.355 e. The van der Waals surface area contributed by atoms with Gasteiger partial charge in [0.1, 0.15) is 11.9 Å². The maximum Gasteiger partial charge on any atom is 0.277 e. The number of hydrogen-bond donors (Lipinski definition) is 1. The second-order valence-corrected chi connectivity index (χ2v) is 7.44. The van der Waals surface area contributed by atoms with E-state index in [1.165, 1.54) is 12.1 Å². The van der Waals surface area contributed by atoms with E-state index in [9.17, 15) is 14.0 Å². The molecular weight excluding hydrogens is 373 g/mol. The van der Waals surface area contributed by atoms with E-state index in [1.807, 2.05) is 37.3 Å². The maximum atomic E-state index is 13.3. The summed E-state index contributed by atoms with van der Waals surface area (Å²) in [5.74, 6) is -0.806. The van der Waals surface area contributed by atoms with Crippen LogP contribution in [0.1, 0.15) is 40.5 Å². The Bertz CT molecular complexity index is 1090. The molecule has 2 aliphatic heterocycles. The first-order chi connectivity index (χ1) is 14.0. The van der Waals surface area contributed by atoms with Crippen molar-refractivity contribution in [3.63, 3.8) is 0 Å². The van der Waals surface area contributed by atoms with Crippen LogP contribution in [0, 0.1) is 5.82 Å². The van der Waals surface area contributed by atoms with Crippen LogP contribution in [-0.2, 0) is 4.79 Å². The number of carbonyl (C=O) groups is 2. The van der Waals surface area contributed by atoms with Gasteiger partial charge in [0.25, 0.3) is 5.91 Å². The summed E-state index contributed by atoms with van der Waals surface area (Å²) in [6.07, 6.45) is 0. The van der Waals surface area contributed by atoms with E-state index >= 15 is 0 Å². The number of fused-ring (bicyclic) bond motifs is 2. The molecule has 0 radical (unpaired) electrons. The van der Waals surface area contributed by atoms with Crippen LogP contribution >= 0.6 is 0 Å². The summed E-state index contributed by atoms with van der Waals surface area (Å²) in [4.78, 5) is 27.8. The summed E-state index contributed by atoms with van der Waals surface area (Å²) in [5.41, 5.74) is 2.37. The number of aromatic nitrogens is 1. The molecule has 3 heterocycles. The fourth-order valence-electron chi connectivity index (χ4n) is 4.31. The van der Waals surface area contributed by atoms with Crippen LogP contribution in [0.3, 0.4) is 0 Å². The topological polar surface area (TPSA) is 75.4 Å². The molecule has 1 aromatic heterocycles. The summed E-state index contributed by atoms with van der Waals surface area (Å²) in [6, 6.07) is 14.4. The van der Waals surface area contributed by atoms with Crippen LogP contribution in [0.15, 0.2) is 59.1 Å². The molecule has 0 spiro atoms. The van der Waals surface area contributed by atoms with Gasteiger partial charge < -0.3 is 14.7 Å². The molecule has 3 atom stereocenters. The van der Waals surface area contributed by atoms with E-state index in [0.717, 1.165) is 5.56 Å². The Balaban J connectivity index is 1.54. The zero-order valence-corrected chi connectivity index (χ0v) is 15.6. The molecule has 1 unspecified atom stereocenters. The van der Waals surface area contributed by atoms with Crippen molar-refractivity contribution in [2.24, 2.45) is 0 Å². The third-order valence-electron chi connectivity index (χ3n) is 5.73. The Kier molecular flexibility index (Phi) is 3.97. The molecule has 2 aromatic carbocycles. The smallest absolute Gasteiger partial charge is 0.277 e. The molecule has 1 fully saturated rings. The van der Waals surface area contributed by atoms with E-state index in [4.69, 9.17) is 4.52 Å². The van der Waals surface area contributed by atoms with Crippen LogP contribution in [0.2, 0.25) is 0 Å². The quantitative estimate of drug-likeness (QED) is 0.728. The molecule has 3 aromatic rings. The van der Waals surface area contributed by atoms with Crippen molar-refractivity contribution in [3.8, 4) is 11.3 Å². The number of nitrogens with zero attached hydrogens (tertiary/aromatic N) is 2. The van der Waals surface area contributed by atoms with E-state index in [-0.39, 0.29) is 35.3 Å². The Morgan fingerprint density at radius 1 is 1.10 bits per heavy atom. The first-order valence-corrected chi connectivity index (χ1v) is 9.46. The van der Waals surface area contributed by atoms with Gasteiger partial charge in [-0.25, -0.2) is 4.39 Å². The van der Waals surface area contributed by atoms with Gasteiger partial charge in [-0.15, -0.1) is 0 Å². The zero-order chi connectivity index (χ0) is 20.1. The van der Waals surface area contributed by atoms with Crippen molar-refractivity contribution in [3.05, 3.63) is 77.2 Å². The van der Waals surface area contributed by atoms with Crippen molar-refractivity contribution in [2.75, 3.05) is 6.54 Å². The van der Waals surface area contributed by atoms with E-state index in [2.05, 4.69) is 10.5 Å². The molecule has 0 bridgehead atoms. The molecule has 29 heavy (non-hydrogen) atoms. The average Bonchev–Trinajstić information content (AvgIpc) is 3.18. The lowest BCUT2D eigenvalue weighted by molar-refractivity contribution is -0.130. The second kappa shape index (κ2) is 6.55. The van der Waals surface area contributed by atoms with Crippen molar-refractivity contribution in [2.45, 2.75) is 24.9 Å². The Morgan fingerprint density at radius 2 is 1.83 bits per heavy atom. The zero-order valence-electron chi connectivity index (χ0n) is 15.6. The molecule has 1 N–H and O–H groups in total. The minimum absolute atomic E-state index is 0.206. The van der Waals surface area contributed by atoms with Crippen LogP contribution in [0.5, 0.6) is 0 Å². The molecule has 0 saturated carbocycles. The van der Waals surface area contributed by atoms with Crippen LogP contribution < -0.4 is 5.32 Å². The highest BCUT2D eigenvalue weighted by Crippen LogP contribution is 2.41. The number of amides is 2. The summed E-state index contributed by atoms with van der Waals surface area (Å²) in [7, 11) is 0. The van der Waals surface area contributed by atoms with Gasteiger partial charge in [-0.2, -0.15) is 0 Å². The SMILES string of the molecule is CC1c2c(noc2-c2ccc(F)cc2)C(=O)N2C[C@H](c3ccccc3)NC(=O)[C@H]12. The summed E-state index contributed by atoms with van der Waals surface area (Å²) >= 11 is 0. The molecule has 6 nitrogen and oxygen atoms in total. The fraction of sp³-hybridized carbons (Fsp3) is 0.227. The van der Waals surface area contributed by atoms with E-state index < -0.39 is 6.04 Å². The third-order valence-corrected chi connectivity index (χ3v) is 5.73. The third kappa shape index (κ3) is 2.73. The number of carbonyl (C=O) groups excluding carboxylic acids is 2. The van der Waals surface area contributed by atoms with Crippen molar-refractivity contribution < 1.29 is 18.5 Å². The lowest BCUT2D eigenvalue weighted by Crippen LogP contribution is -2.62. The van der Waals surface area contributed by atoms with Gasteiger partial charge >= 0.3 is 0 Å². The number of piperazine rings is 1. The molecule has 2 amide bonds. The molecule has 5 rings (SSSR count). The minimum atomic E-state index is -0.645. The van der Waals surface area contributed by atoms with Crippen molar-refractivity contribution >= 4 is 11.8 Å². The van der Waals surface area contributed by atoms with Crippen LogP contribution in [-0.4, -0.2) is 34.5 Å². The Morgan fingerprint density at radius 3 is 2.55 bits per heavy atom. The standard InChI is InChI=1S/C22H18FN3O3/c1-12-17-18(25-29-20(17)14-7-9-15(23)10-8-14)22(28)26-11-16(24-21(27)19(12)26)13-5-3-2-4-6-13/h2-10,12,16,19H,11H2,1H3,(H,24,27)/t12?,16-,19+/m1/s1.